The highest BCUT2D eigenvalue weighted by Gasteiger charge is 2.18. The molecule has 4 aromatic rings. The van der Waals surface area contributed by atoms with Crippen LogP contribution in [-0.2, 0) is 10.0 Å². The van der Waals surface area contributed by atoms with E-state index in [2.05, 4.69) is 19.9 Å². The Bertz CT molecular complexity index is 1110. The van der Waals surface area contributed by atoms with Crippen molar-refractivity contribution >= 4 is 49.3 Å². The first-order valence-corrected chi connectivity index (χ1v) is 10.2. The lowest BCUT2D eigenvalue weighted by Crippen LogP contribution is -2.11. The summed E-state index contributed by atoms with van der Waals surface area (Å²) in [7, 11) is -3.59. The molecule has 0 unspecified atom stereocenters. The molecule has 3 aromatic heterocycles. The molecule has 9 heteroatoms. The summed E-state index contributed by atoms with van der Waals surface area (Å²) in [5, 5.41) is 12.4. The fraction of sp³-hybridized carbons (Fsp3) is 0.0667. The van der Waals surface area contributed by atoms with E-state index >= 15 is 0 Å². The van der Waals surface area contributed by atoms with Crippen molar-refractivity contribution in [3.8, 4) is 10.7 Å². The smallest absolute Gasteiger partial charge is 0.271 e. The number of benzene rings is 1. The first-order chi connectivity index (χ1) is 11.5. The Morgan fingerprint density at radius 2 is 2.04 bits per heavy atom. The molecule has 0 aliphatic heterocycles. The van der Waals surface area contributed by atoms with Gasteiger partial charge in [0.25, 0.3) is 10.0 Å². The highest BCUT2D eigenvalue weighted by molar-refractivity contribution is 7.94. The number of fused-ring (bicyclic) bond motifs is 1. The minimum atomic E-state index is -3.59. The van der Waals surface area contributed by atoms with E-state index in [-0.39, 0.29) is 4.21 Å². The molecular formula is C15H12N4O2S3. The maximum absolute atomic E-state index is 12.5. The van der Waals surface area contributed by atoms with Crippen molar-refractivity contribution in [3.63, 3.8) is 0 Å². The fourth-order valence-corrected chi connectivity index (χ4v) is 5.10. The van der Waals surface area contributed by atoms with E-state index in [0.29, 0.717) is 5.69 Å². The third-order valence-electron chi connectivity index (χ3n) is 3.42. The molecule has 0 fully saturated rings. The van der Waals surface area contributed by atoms with Crippen molar-refractivity contribution in [3.05, 3.63) is 46.8 Å². The van der Waals surface area contributed by atoms with Gasteiger partial charge in [0.15, 0.2) is 5.01 Å². The second-order valence-corrected chi connectivity index (χ2v) is 9.16. The zero-order valence-electron chi connectivity index (χ0n) is 12.5. The number of para-hydroxylation sites is 1. The molecule has 2 N–H and O–H groups in total. The number of sulfonamides is 1. The Hall–Kier alpha value is -2.23. The third-order valence-corrected chi connectivity index (χ3v) is 7.05. The summed E-state index contributed by atoms with van der Waals surface area (Å²) in [6, 6.07) is 10.7. The van der Waals surface area contributed by atoms with Gasteiger partial charge in [0, 0.05) is 5.39 Å². The molecule has 122 valence electrons. The maximum atomic E-state index is 12.5. The number of aromatic amines is 1. The topological polar surface area (TPSA) is 87.7 Å². The summed E-state index contributed by atoms with van der Waals surface area (Å²) in [6.45, 7) is 1.89. The van der Waals surface area contributed by atoms with E-state index in [0.717, 1.165) is 26.6 Å². The number of thiophene rings is 1. The molecule has 0 aliphatic rings. The molecule has 3 heterocycles. The molecule has 6 nitrogen and oxygen atoms in total. The molecule has 0 saturated heterocycles. The molecule has 0 atom stereocenters. The number of aryl methyl sites for hydroxylation is 1. The molecule has 0 saturated carbocycles. The summed E-state index contributed by atoms with van der Waals surface area (Å²) >= 11 is 2.66. The molecule has 0 radical (unpaired) electrons. The molecule has 4 rings (SSSR count). The van der Waals surface area contributed by atoms with E-state index in [1.807, 2.05) is 25.1 Å². The minimum Gasteiger partial charge on any atom is -0.351 e. The van der Waals surface area contributed by atoms with Crippen LogP contribution in [0.15, 0.2) is 46.0 Å². The molecule has 0 amide bonds. The number of nitrogens with one attached hydrogen (secondary N) is 2. The summed E-state index contributed by atoms with van der Waals surface area (Å²) in [5.41, 5.74) is 2.05. The zero-order valence-corrected chi connectivity index (χ0v) is 14.9. The molecular weight excluding hydrogens is 364 g/mol. The number of hydrogen-bond acceptors (Lipinski definition) is 6. The van der Waals surface area contributed by atoms with Gasteiger partial charge in [0.2, 0.25) is 0 Å². The van der Waals surface area contributed by atoms with Crippen molar-refractivity contribution in [1.29, 1.82) is 0 Å². The van der Waals surface area contributed by atoms with Gasteiger partial charge in [0.05, 0.1) is 16.9 Å². The SMILES string of the molecule is Cc1nnc(-c2cc3cccc(NS(=O)(=O)c4cccs4)c3[nH]2)s1. The summed E-state index contributed by atoms with van der Waals surface area (Å²) in [6.07, 6.45) is 0. The van der Waals surface area contributed by atoms with Crippen molar-refractivity contribution < 1.29 is 8.42 Å². The van der Waals surface area contributed by atoms with Crippen molar-refractivity contribution in [2.45, 2.75) is 11.1 Å². The van der Waals surface area contributed by atoms with Crippen molar-refractivity contribution in [1.82, 2.24) is 15.2 Å². The summed E-state index contributed by atoms with van der Waals surface area (Å²) in [4.78, 5) is 3.25. The average Bonchev–Trinajstić information content (AvgIpc) is 3.27. The highest BCUT2D eigenvalue weighted by Crippen LogP contribution is 2.31. The summed E-state index contributed by atoms with van der Waals surface area (Å²) < 4.78 is 27.8. The van der Waals surface area contributed by atoms with Crippen LogP contribution in [0.25, 0.3) is 21.6 Å². The zero-order chi connectivity index (χ0) is 16.7. The van der Waals surface area contributed by atoms with E-state index in [9.17, 15) is 8.42 Å². The minimum absolute atomic E-state index is 0.283. The lowest BCUT2D eigenvalue weighted by Gasteiger charge is -2.07. The first kappa shape index (κ1) is 15.3. The van der Waals surface area contributed by atoms with Crippen LogP contribution in [0.2, 0.25) is 0 Å². The lowest BCUT2D eigenvalue weighted by atomic mass is 10.2. The van der Waals surface area contributed by atoms with Gasteiger partial charge in [-0.2, -0.15) is 0 Å². The number of H-pyrrole nitrogens is 1. The van der Waals surface area contributed by atoms with Crippen LogP contribution in [0.1, 0.15) is 5.01 Å². The van der Waals surface area contributed by atoms with Gasteiger partial charge in [-0.1, -0.05) is 29.5 Å². The van der Waals surface area contributed by atoms with E-state index < -0.39 is 10.0 Å². The van der Waals surface area contributed by atoms with E-state index in [1.165, 1.54) is 22.7 Å². The Kier molecular flexibility index (Phi) is 3.63. The normalized spacial score (nSPS) is 11.9. The summed E-state index contributed by atoms with van der Waals surface area (Å²) in [5.74, 6) is 0. The van der Waals surface area contributed by atoms with Crippen LogP contribution in [-0.4, -0.2) is 23.6 Å². The van der Waals surface area contributed by atoms with Crippen LogP contribution in [0, 0.1) is 6.92 Å². The quantitative estimate of drug-likeness (QED) is 0.566. The Balaban J connectivity index is 1.78. The van der Waals surface area contributed by atoms with Crippen LogP contribution in [0.3, 0.4) is 0 Å². The highest BCUT2D eigenvalue weighted by atomic mass is 32.2. The molecule has 0 bridgehead atoms. The number of anilines is 1. The third kappa shape index (κ3) is 2.70. The molecule has 24 heavy (non-hydrogen) atoms. The number of hydrogen-bond donors (Lipinski definition) is 2. The Morgan fingerprint density at radius 1 is 1.17 bits per heavy atom. The largest absolute Gasteiger partial charge is 0.351 e. The van der Waals surface area contributed by atoms with Crippen LogP contribution < -0.4 is 4.72 Å². The average molecular weight is 376 g/mol. The van der Waals surface area contributed by atoms with Crippen LogP contribution >= 0.6 is 22.7 Å². The van der Waals surface area contributed by atoms with E-state index in [4.69, 9.17) is 0 Å². The molecule has 0 aliphatic carbocycles. The van der Waals surface area contributed by atoms with Gasteiger partial charge in [-0.25, -0.2) is 8.42 Å². The Morgan fingerprint density at radius 3 is 2.75 bits per heavy atom. The van der Waals surface area contributed by atoms with Crippen LogP contribution in [0.5, 0.6) is 0 Å². The monoisotopic (exact) mass is 376 g/mol. The molecule has 0 spiro atoms. The number of aromatic nitrogens is 3. The second kappa shape index (κ2) is 5.69. The predicted molar refractivity (Wildman–Crippen MR) is 97.1 cm³/mol. The van der Waals surface area contributed by atoms with Crippen LogP contribution in [0.4, 0.5) is 5.69 Å². The standard InChI is InChI=1S/C15H12N4O2S3/c1-9-17-18-15(23-9)12-8-10-4-2-5-11(14(10)16-12)19-24(20,21)13-6-3-7-22-13/h2-8,16,19H,1H3. The van der Waals surface area contributed by atoms with Gasteiger partial charge >= 0.3 is 0 Å². The number of nitrogens with zero attached hydrogens (tertiary/aromatic N) is 2. The fourth-order valence-electron chi connectivity index (χ4n) is 2.37. The van der Waals surface area contributed by atoms with E-state index in [1.54, 1.807) is 23.6 Å². The first-order valence-electron chi connectivity index (χ1n) is 7.01. The van der Waals surface area contributed by atoms with Crippen molar-refractivity contribution in [2.24, 2.45) is 0 Å². The van der Waals surface area contributed by atoms with Gasteiger partial charge in [0.1, 0.15) is 9.22 Å². The van der Waals surface area contributed by atoms with Gasteiger partial charge in [-0.15, -0.1) is 21.5 Å². The van der Waals surface area contributed by atoms with Gasteiger partial charge in [-0.3, -0.25) is 4.72 Å². The van der Waals surface area contributed by atoms with Gasteiger partial charge < -0.3 is 4.98 Å². The predicted octanol–water partition coefficient (Wildman–Crippen LogP) is 3.86. The van der Waals surface area contributed by atoms with Crippen molar-refractivity contribution in [2.75, 3.05) is 4.72 Å². The van der Waals surface area contributed by atoms with Gasteiger partial charge in [-0.05, 0) is 30.5 Å². The maximum Gasteiger partial charge on any atom is 0.271 e. The lowest BCUT2D eigenvalue weighted by molar-refractivity contribution is 0.603. The Labute approximate surface area is 146 Å². The number of rotatable bonds is 4. The molecule has 1 aromatic carbocycles. The second-order valence-electron chi connectivity index (χ2n) is 5.12.